The first kappa shape index (κ1) is 16.9. The van der Waals surface area contributed by atoms with Crippen molar-refractivity contribution >= 4 is 11.6 Å². The zero-order chi connectivity index (χ0) is 18.0. The van der Waals surface area contributed by atoms with Crippen molar-refractivity contribution in [3.8, 4) is 11.3 Å². The minimum atomic E-state index is -0.396. The van der Waals surface area contributed by atoms with Gasteiger partial charge in [0.05, 0.1) is 0 Å². The highest BCUT2D eigenvalue weighted by Crippen LogP contribution is 2.29. The molecule has 0 atom stereocenters. The van der Waals surface area contributed by atoms with Gasteiger partial charge in [-0.05, 0) is 29.2 Å². The third-order valence-electron chi connectivity index (χ3n) is 3.84. The Balaban J connectivity index is 1.84. The summed E-state index contributed by atoms with van der Waals surface area (Å²) in [6, 6.07) is 15.1. The van der Waals surface area contributed by atoms with Gasteiger partial charge in [-0.15, -0.1) is 0 Å². The van der Waals surface area contributed by atoms with Crippen molar-refractivity contribution in [2.75, 3.05) is 5.32 Å². The smallest absolute Gasteiger partial charge is 0.294 e. The lowest BCUT2D eigenvalue weighted by Crippen LogP contribution is -2.18. The molecule has 0 fully saturated rings. The van der Waals surface area contributed by atoms with E-state index in [0.29, 0.717) is 11.3 Å². The quantitative estimate of drug-likeness (QED) is 0.728. The van der Waals surface area contributed by atoms with Crippen LogP contribution in [0.3, 0.4) is 0 Å². The van der Waals surface area contributed by atoms with E-state index < -0.39 is 5.91 Å². The molecular formula is C20H19FN2O2. The lowest BCUT2D eigenvalue weighted by Gasteiger charge is -2.22. The average molecular weight is 338 g/mol. The molecule has 1 N–H and O–H groups in total. The number of hydrogen-bond acceptors (Lipinski definition) is 3. The van der Waals surface area contributed by atoms with Gasteiger partial charge in [-0.2, -0.15) is 0 Å². The van der Waals surface area contributed by atoms with Crippen LogP contribution < -0.4 is 5.32 Å². The number of hydrogen-bond donors (Lipinski definition) is 1. The fourth-order valence-corrected chi connectivity index (χ4v) is 2.60. The number of aromatic nitrogens is 1. The van der Waals surface area contributed by atoms with Gasteiger partial charge >= 0.3 is 0 Å². The number of carbonyl (C=O) groups is 1. The fraction of sp³-hybridized carbons (Fsp3) is 0.200. The molecule has 0 saturated heterocycles. The monoisotopic (exact) mass is 338 g/mol. The van der Waals surface area contributed by atoms with Crippen molar-refractivity contribution in [1.82, 2.24) is 5.16 Å². The molecule has 1 amide bonds. The minimum Gasteiger partial charge on any atom is -0.350 e. The summed E-state index contributed by atoms with van der Waals surface area (Å²) in [5, 5.41) is 6.72. The first-order valence-corrected chi connectivity index (χ1v) is 7.98. The number of rotatable bonds is 3. The van der Waals surface area contributed by atoms with Crippen LogP contribution in [0.1, 0.15) is 36.9 Å². The second-order valence-corrected chi connectivity index (χ2v) is 6.84. The normalized spacial score (nSPS) is 11.4. The summed E-state index contributed by atoms with van der Waals surface area (Å²) in [4.78, 5) is 12.5. The van der Waals surface area contributed by atoms with E-state index in [0.717, 1.165) is 11.3 Å². The second kappa shape index (κ2) is 6.51. The van der Waals surface area contributed by atoms with Crippen LogP contribution in [-0.2, 0) is 5.41 Å². The SMILES string of the molecule is CC(C)(C)c1ccccc1NC(=O)c1cc(-c2cccc(F)c2)no1. The van der Waals surface area contributed by atoms with E-state index in [1.165, 1.54) is 18.2 Å². The topological polar surface area (TPSA) is 55.1 Å². The first-order chi connectivity index (χ1) is 11.8. The van der Waals surface area contributed by atoms with Crippen LogP contribution in [0, 0.1) is 5.82 Å². The van der Waals surface area contributed by atoms with E-state index in [1.807, 2.05) is 24.3 Å². The molecule has 4 nitrogen and oxygen atoms in total. The summed E-state index contributed by atoms with van der Waals surface area (Å²) in [5.74, 6) is -0.694. The van der Waals surface area contributed by atoms with Crippen LogP contribution in [0.2, 0.25) is 0 Å². The first-order valence-electron chi connectivity index (χ1n) is 7.98. The van der Waals surface area contributed by atoms with Crippen LogP contribution in [0.15, 0.2) is 59.1 Å². The molecule has 0 aliphatic carbocycles. The van der Waals surface area contributed by atoms with Crippen LogP contribution in [-0.4, -0.2) is 11.1 Å². The van der Waals surface area contributed by atoms with Gasteiger partial charge in [0.1, 0.15) is 11.5 Å². The Hall–Kier alpha value is -2.95. The molecule has 128 valence electrons. The van der Waals surface area contributed by atoms with Gasteiger partial charge in [0.25, 0.3) is 5.91 Å². The van der Waals surface area contributed by atoms with Gasteiger partial charge in [0.15, 0.2) is 0 Å². The highest BCUT2D eigenvalue weighted by atomic mass is 19.1. The molecule has 0 spiro atoms. The molecule has 1 heterocycles. The molecule has 2 aromatic carbocycles. The van der Waals surface area contributed by atoms with Crippen molar-refractivity contribution in [2.45, 2.75) is 26.2 Å². The van der Waals surface area contributed by atoms with E-state index in [9.17, 15) is 9.18 Å². The van der Waals surface area contributed by atoms with Gasteiger partial charge in [0, 0.05) is 17.3 Å². The van der Waals surface area contributed by atoms with E-state index in [1.54, 1.807) is 12.1 Å². The molecular weight excluding hydrogens is 319 g/mol. The number of anilines is 1. The Morgan fingerprint density at radius 1 is 1.08 bits per heavy atom. The predicted molar refractivity (Wildman–Crippen MR) is 95.0 cm³/mol. The van der Waals surface area contributed by atoms with Gasteiger partial charge in [0.2, 0.25) is 5.76 Å². The summed E-state index contributed by atoms with van der Waals surface area (Å²) in [6.45, 7) is 6.23. The van der Waals surface area contributed by atoms with Crippen LogP contribution >= 0.6 is 0 Å². The number of nitrogens with zero attached hydrogens (tertiary/aromatic N) is 1. The van der Waals surface area contributed by atoms with Crippen molar-refractivity contribution in [1.29, 1.82) is 0 Å². The van der Waals surface area contributed by atoms with E-state index >= 15 is 0 Å². The van der Waals surface area contributed by atoms with Gasteiger partial charge in [-0.3, -0.25) is 4.79 Å². The van der Waals surface area contributed by atoms with E-state index in [-0.39, 0.29) is 17.0 Å². The number of carbonyl (C=O) groups excluding carboxylic acids is 1. The molecule has 0 aliphatic heterocycles. The van der Waals surface area contributed by atoms with E-state index in [2.05, 4.69) is 31.2 Å². The zero-order valence-corrected chi connectivity index (χ0v) is 14.3. The second-order valence-electron chi connectivity index (χ2n) is 6.84. The number of para-hydroxylation sites is 1. The Kier molecular flexibility index (Phi) is 4.40. The molecule has 0 radical (unpaired) electrons. The van der Waals surface area contributed by atoms with Crippen molar-refractivity contribution in [2.24, 2.45) is 0 Å². The van der Waals surface area contributed by atoms with Crippen molar-refractivity contribution in [3.05, 3.63) is 71.7 Å². The minimum absolute atomic E-state index is 0.0722. The lowest BCUT2D eigenvalue weighted by molar-refractivity contribution is 0.0988. The highest BCUT2D eigenvalue weighted by molar-refractivity contribution is 6.03. The molecule has 5 heteroatoms. The number of amides is 1. The Morgan fingerprint density at radius 3 is 2.56 bits per heavy atom. The molecule has 0 saturated carbocycles. The standard InChI is InChI=1S/C20H19FN2O2/c1-20(2,3)15-9-4-5-10-16(15)22-19(24)18-12-17(23-25-18)13-7-6-8-14(21)11-13/h4-12H,1-3H3,(H,22,24). The largest absolute Gasteiger partial charge is 0.350 e. The molecule has 0 unspecified atom stereocenters. The maximum absolute atomic E-state index is 13.3. The average Bonchev–Trinajstić information content (AvgIpc) is 3.04. The lowest BCUT2D eigenvalue weighted by atomic mass is 9.86. The van der Waals surface area contributed by atoms with Gasteiger partial charge in [-0.1, -0.05) is 56.3 Å². The summed E-state index contributed by atoms with van der Waals surface area (Å²) >= 11 is 0. The number of halogens is 1. The molecule has 3 rings (SSSR count). The van der Waals surface area contributed by atoms with Crippen molar-refractivity contribution < 1.29 is 13.7 Å². The van der Waals surface area contributed by atoms with Crippen LogP contribution in [0.5, 0.6) is 0 Å². The summed E-state index contributed by atoms with van der Waals surface area (Å²) in [7, 11) is 0. The van der Waals surface area contributed by atoms with E-state index in [4.69, 9.17) is 4.52 Å². The van der Waals surface area contributed by atoms with Crippen LogP contribution in [0.4, 0.5) is 10.1 Å². The zero-order valence-electron chi connectivity index (χ0n) is 14.3. The maximum atomic E-state index is 13.3. The summed E-state index contributed by atoms with van der Waals surface area (Å²) < 4.78 is 18.5. The predicted octanol–water partition coefficient (Wildman–Crippen LogP) is 5.03. The third kappa shape index (κ3) is 3.76. The molecule has 0 aliphatic rings. The summed E-state index contributed by atoms with van der Waals surface area (Å²) in [6.07, 6.45) is 0. The molecule has 0 bridgehead atoms. The fourth-order valence-electron chi connectivity index (χ4n) is 2.60. The molecule has 1 aromatic heterocycles. The Labute approximate surface area is 145 Å². The third-order valence-corrected chi connectivity index (χ3v) is 3.84. The number of nitrogens with one attached hydrogen (secondary N) is 1. The van der Waals surface area contributed by atoms with Gasteiger partial charge < -0.3 is 9.84 Å². The number of benzene rings is 2. The van der Waals surface area contributed by atoms with Crippen LogP contribution in [0.25, 0.3) is 11.3 Å². The maximum Gasteiger partial charge on any atom is 0.294 e. The highest BCUT2D eigenvalue weighted by Gasteiger charge is 2.20. The van der Waals surface area contributed by atoms with Crippen molar-refractivity contribution in [3.63, 3.8) is 0 Å². The van der Waals surface area contributed by atoms with Gasteiger partial charge in [-0.25, -0.2) is 4.39 Å². The Morgan fingerprint density at radius 2 is 1.84 bits per heavy atom. The molecule has 25 heavy (non-hydrogen) atoms. The molecule has 3 aromatic rings. The summed E-state index contributed by atoms with van der Waals surface area (Å²) in [5.41, 5.74) is 2.60. The Bertz CT molecular complexity index is 910.